The molecule has 0 atom stereocenters. The SMILES string of the molecule is COc1ccc(C(=O)N2CCCN(C(=O)OCC(C)C)CC2)cc1S(=O)(=O)N1CCOCC1. The second kappa shape index (κ2) is 11.2. The van der Waals surface area contributed by atoms with Crippen molar-refractivity contribution in [1.82, 2.24) is 14.1 Å². The lowest BCUT2D eigenvalue weighted by Crippen LogP contribution is -2.41. The van der Waals surface area contributed by atoms with Gasteiger partial charge in [0.05, 0.1) is 26.9 Å². The van der Waals surface area contributed by atoms with E-state index in [0.717, 1.165) is 0 Å². The van der Waals surface area contributed by atoms with Gasteiger partial charge in [0, 0.05) is 44.8 Å². The predicted octanol–water partition coefficient (Wildman–Crippen LogP) is 1.66. The largest absolute Gasteiger partial charge is 0.495 e. The lowest BCUT2D eigenvalue weighted by molar-refractivity contribution is 0.0728. The Bertz CT molecular complexity index is 945. The number of carbonyl (C=O) groups is 2. The van der Waals surface area contributed by atoms with Gasteiger partial charge in [0.2, 0.25) is 10.0 Å². The van der Waals surface area contributed by atoms with E-state index in [2.05, 4.69) is 0 Å². The summed E-state index contributed by atoms with van der Waals surface area (Å²) in [6.45, 7) is 7.10. The summed E-state index contributed by atoms with van der Waals surface area (Å²) in [5.41, 5.74) is 0.262. The van der Waals surface area contributed by atoms with E-state index in [1.165, 1.54) is 23.5 Å². The number of hydrogen-bond donors (Lipinski definition) is 0. The lowest BCUT2D eigenvalue weighted by Gasteiger charge is -2.27. The molecule has 0 bridgehead atoms. The highest BCUT2D eigenvalue weighted by Gasteiger charge is 2.31. The van der Waals surface area contributed by atoms with Crippen molar-refractivity contribution in [3.8, 4) is 5.75 Å². The third kappa shape index (κ3) is 6.15. The molecule has 2 amide bonds. The molecule has 2 saturated heterocycles. The van der Waals surface area contributed by atoms with Crippen LogP contribution >= 0.6 is 0 Å². The van der Waals surface area contributed by atoms with Crippen LogP contribution in [0.1, 0.15) is 30.6 Å². The van der Waals surface area contributed by atoms with Gasteiger partial charge in [-0.25, -0.2) is 13.2 Å². The van der Waals surface area contributed by atoms with Crippen LogP contribution in [0.3, 0.4) is 0 Å². The number of hydrogen-bond acceptors (Lipinski definition) is 7. The minimum atomic E-state index is -3.84. The Morgan fingerprint density at radius 1 is 1.03 bits per heavy atom. The molecule has 10 nitrogen and oxygen atoms in total. The number of ether oxygens (including phenoxy) is 3. The van der Waals surface area contributed by atoms with Crippen LogP contribution in [0.15, 0.2) is 23.1 Å². The van der Waals surface area contributed by atoms with Crippen molar-refractivity contribution in [2.45, 2.75) is 25.2 Å². The van der Waals surface area contributed by atoms with E-state index in [4.69, 9.17) is 14.2 Å². The van der Waals surface area contributed by atoms with Crippen molar-refractivity contribution in [3.63, 3.8) is 0 Å². The zero-order valence-electron chi connectivity index (χ0n) is 19.5. The smallest absolute Gasteiger partial charge is 0.409 e. The molecule has 1 aromatic carbocycles. The molecule has 0 spiro atoms. The van der Waals surface area contributed by atoms with Crippen LogP contribution in [0, 0.1) is 5.92 Å². The zero-order valence-corrected chi connectivity index (χ0v) is 20.3. The molecule has 0 radical (unpaired) electrons. The molecular weight excluding hydrogens is 450 g/mol. The quantitative estimate of drug-likeness (QED) is 0.606. The van der Waals surface area contributed by atoms with Crippen LogP contribution in [-0.4, -0.2) is 101 Å². The molecule has 2 aliphatic rings. The number of benzene rings is 1. The maximum atomic E-state index is 13.2. The van der Waals surface area contributed by atoms with Crippen LogP contribution in [-0.2, 0) is 19.5 Å². The summed E-state index contributed by atoms with van der Waals surface area (Å²) in [6, 6.07) is 4.46. The fourth-order valence-electron chi connectivity index (χ4n) is 3.75. The van der Waals surface area contributed by atoms with Gasteiger partial charge in [-0.1, -0.05) is 13.8 Å². The second-order valence-electron chi connectivity index (χ2n) is 8.49. The van der Waals surface area contributed by atoms with Crippen molar-refractivity contribution in [2.75, 3.05) is 66.2 Å². The van der Waals surface area contributed by atoms with Crippen LogP contribution in [0.2, 0.25) is 0 Å². The van der Waals surface area contributed by atoms with E-state index in [-0.39, 0.29) is 47.2 Å². The van der Waals surface area contributed by atoms with Crippen molar-refractivity contribution < 1.29 is 32.2 Å². The van der Waals surface area contributed by atoms with Crippen molar-refractivity contribution >= 4 is 22.0 Å². The van der Waals surface area contributed by atoms with Crippen molar-refractivity contribution in [2.24, 2.45) is 5.92 Å². The number of methoxy groups -OCH3 is 1. The predicted molar refractivity (Wildman–Crippen MR) is 121 cm³/mol. The maximum absolute atomic E-state index is 13.2. The molecule has 2 aliphatic heterocycles. The van der Waals surface area contributed by atoms with Gasteiger partial charge < -0.3 is 24.0 Å². The molecule has 2 heterocycles. The second-order valence-corrected chi connectivity index (χ2v) is 10.4. The summed E-state index contributed by atoms with van der Waals surface area (Å²) in [5, 5.41) is 0. The van der Waals surface area contributed by atoms with E-state index in [9.17, 15) is 18.0 Å². The number of carbonyl (C=O) groups excluding carboxylic acids is 2. The average molecular weight is 484 g/mol. The molecule has 33 heavy (non-hydrogen) atoms. The number of rotatable bonds is 6. The standard InChI is InChI=1S/C22H33N3O7S/c1-17(2)16-32-22(27)24-8-4-7-23(9-10-24)21(26)18-5-6-19(30-3)20(15-18)33(28,29)25-11-13-31-14-12-25/h5-6,15,17H,4,7-14,16H2,1-3H3. The minimum Gasteiger partial charge on any atom is -0.495 e. The van der Waals surface area contributed by atoms with Crippen LogP contribution in [0.5, 0.6) is 5.75 Å². The van der Waals surface area contributed by atoms with E-state index in [1.807, 2.05) is 13.8 Å². The van der Waals surface area contributed by atoms with Crippen molar-refractivity contribution in [1.29, 1.82) is 0 Å². The van der Waals surface area contributed by atoms with Gasteiger partial charge >= 0.3 is 6.09 Å². The molecule has 0 saturated carbocycles. The first-order valence-corrected chi connectivity index (χ1v) is 12.6. The Morgan fingerprint density at radius 3 is 2.36 bits per heavy atom. The summed E-state index contributed by atoms with van der Waals surface area (Å²) in [5.74, 6) is 0.151. The number of morpholine rings is 1. The van der Waals surface area contributed by atoms with Gasteiger partial charge in [0.1, 0.15) is 10.6 Å². The van der Waals surface area contributed by atoms with E-state index in [1.54, 1.807) is 15.9 Å². The Hall–Kier alpha value is -2.37. The first-order valence-electron chi connectivity index (χ1n) is 11.2. The normalized spacial score (nSPS) is 18.2. The summed E-state index contributed by atoms with van der Waals surface area (Å²) >= 11 is 0. The molecule has 0 aliphatic carbocycles. The molecule has 0 aromatic heterocycles. The summed E-state index contributed by atoms with van der Waals surface area (Å²) < 4.78 is 43.6. The fraction of sp³-hybridized carbons (Fsp3) is 0.636. The molecule has 1 aromatic rings. The van der Waals surface area contributed by atoms with E-state index >= 15 is 0 Å². The lowest BCUT2D eigenvalue weighted by atomic mass is 10.2. The molecule has 11 heteroatoms. The third-order valence-electron chi connectivity index (χ3n) is 5.58. The molecule has 2 fully saturated rings. The third-order valence-corrected chi connectivity index (χ3v) is 7.50. The highest BCUT2D eigenvalue weighted by atomic mass is 32.2. The molecular formula is C22H33N3O7S. The Kier molecular flexibility index (Phi) is 8.55. The Balaban J connectivity index is 1.75. The fourth-order valence-corrected chi connectivity index (χ4v) is 5.34. The Labute approximate surface area is 195 Å². The van der Waals surface area contributed by atoms with Gasteiger partial charge in [-0.15, -0.1) is 0 Å². The summed E-state index contributed by atoms with van der Waals surface area (Å²) in [4.78, 5) is 28.7. The van der Waals surface area contributed by atoms with Gasteiger partial charge in [0.25, 0.3) is 5.91 Å². The summed E-state index contributed by atoms with van der Waals surface area (Å²) in [6.07, 6.45) is 0.235. The van der Waals surface area contributed by atoms with Crippen LogP contribution in [0.4, 0.5) is 4.79 Å². The molecule has 184 valence electrons. The van der Waals surface area contributed by atoms with E-state index in [0.29, 0.717) is 52.4 Å². The number of amides is 2. The first-order chi connectivity index (χ1) is 15.7. The van der Waals surface area contributed by atoms with Crippen molar-refractivity contribution in [3.05, 3.63) is 23.8 Å². The zero-order chi connectivity index (χ0) is 24.0. The van der Waals surface area contributed by atoms with Crippen LogP contribution in [0.25, 0.3) is 0 Å². The molecule has 3 rings (SSSR count). The minimum absolute atomic E-state index is 0.0357. The number of nitrogens with zero attached hydrogens (tertiary/aromatic N) is 3. The Morgan fingerprint density at radius 2 is 1.70 bits per heavy atom. The first kappa shape index (κ1) is 25.3. The molecule has 0 unspecified atom stereocenters. The van der Waals surface area contributed by atoms with Gasteiger partial charge in [0.15, 0.2) is 0 Å². The monoisotopic (exact) mass is 483 g/mol. The average Bonchev–Trinajstić information content (AvgIpc) is 3.08. The number of sulfonamides is 1. The summed E-state index contributed by atoms with van der Waals surface area (Å²) in [7, 11) is -2.44. The highest BCUT2D eigenvalue weighted by Crippen LogP contribution is 2.29. The molecule has 0 N–H and O–H groups in total. The van der Waals surface area contributed by atoms with Gasteiger partial charge in [-0.3, -0.25) is 4.79 Å². The topological polar surface area (TPSA) is 106 Å². The van der Waals surface area contributed by atoms with Crippen LogP contribution < -0.4 is 4.74 Å². The maximum Gasteiger partial charge on any atom is 0.409 e. The van der Waals surface area contributed by atoms with Gasteiger partial charge in [-0.2, -0.15) is 4.31 Å². The van der Waals surface area contributed by atoms with Gasteiger partial charge in [-0.05, 0) is 30.5 Å². The highest BCUT2D eigenvalue weighted by molar-refractivity contribution is 7.89. The van der Waals surface area contributed by atoms with E-state index < -0.39 is 10.0 Å².